The molecule has 14 heavy (non-hydrogen) atoms. The van der Waals surface area contributed by atoms with Crippen LogP contribution >= 0.6 is 11.3 Å². The van der Waals surface area contributed by atoms with E-state index in [0.717, 1.165) is 6.54 Å². The van der Waals surface area contributed by atoms with Gasteiger partial charge in [-0.1, -0.05) is 32.8 Å². The molecule has 80 valence electrons. The Balaban J connectivity index is 2.20. The van der Waals surface area contributed by atoms with Crippen molar-refractivity contribution in [2.45, 2.75) is 52.1 Å². The van der Waals surface area contributed by atoms with E-state index in [1.807, 2.05) is 11.3 Å². The highest BCUT2D eigenvalue weighted by Gasteiger charge is 2.04. The van der Waals surface area contributed by atoms with Gasteiger partial charge in [0.15, 0.2) is 0 Å². The van der Waals surface area contributed by atoms with Gasteiger partial charge in [0.05, 0.1) is 0 Å². The third kappa shape index (κ3) is 4.25. The van der Waals surface area contributed by atoms with E-state index in [2.05, 4.69) is 36.7 Å². The van der Waals surface area contributed by atoms with Gasteiger partial charge in [0, 0.05) is 17.5 Å². The van der Waals surface area contributed by atoms with Gasteiger partial charge in [-0.25, -0.2) is 0 Å². The van der Waals surface area contributed by atoms with Crippen LogP contribution in [0.3, 0.4) is 0 Å². The minimum atomic E-state index is 0.706. The van der Waals surface area contributed by atoms with Crippen molar-refractivity contribution in [2.75, 3.05) is 0 Å². The Morgan fingerprint density at radius 1 is 1.43 bits per heavy atom. The first kappa shape index (κ1) is 11.7. The van der Waals surface area contributed by atoms with Crippen LogP contribution in [0.25, 0.3) is 0 Å². The van der Waals surface area contributed by atoms with Gasteiger partial charge in [0.2, 0.25) is 0 Å². The fourth-order valence-electron chi connectivity index (χ4n) is 1.56. The molecule has 0 aromatic carbocycles. The summed E-state index contributed by atoms with van der Waals surface area (Å²) in [5.74, 6) is 0. The highest BCUT2D eigenvalue weighted by atomic mass is 32.1. The summed E-state index contributed by atoms with van der Waals surface area (Å²) >= 11 is 1.84. The Labute approximate surface area is 91.5 Å². The highest BCUT2D eigenvalue weighted by molar-refractivity contribution is 7.09. The number of rotatable bonds is 7. The number of nitrogens with one attached hydrogen (secondary N) is 1. The van der Waals surface area contributed by atoms with Crippen LogP contribution in [0.5, 0.6) is 0 Å². The van der Waals surface area contributed by atoms with E-state index in [0.29, 0.717) is 6.04 Å². The Morgan fingerprint density at radius 3 is 2.86 bits per heavy atom. The molecule has 1 heterocycles. The molecule has 2 heteroatoms. The van der Waals surface area contributed by atoms with Crippen LogP contribution < -0.4 is 5.32 Å². The van der Waals surface area contributed by atoms with Crippen molar-refractivity contribution in [3.63, 3.8) is 0 Å². The molecule has 0 radical (unpaired) electrons. The topological polar surface area (TPSA) is 12.0 Å². The maximum atomic E-state index is 3.62. The lowest BCUT2D eigenvalue weighted by Crippen LogP contribution is -2.27. The minimum Gasteiger partial charge on any atom is -0.309 e. The second-order valence-corrected chi connectivity index (χ2v) is 4.74. The Morgan fingerprint density at radius 2 is 2.29 bits per heavy atom. The summed E-state index contributed by atoms with van der Waals surface area (Å²) in [6, 6.07) is 5.02. The normalized spacial score (nSPS) is 13.0. The monoisotopic (exact) mass is 211 g/mol. The molecule has 1 rings (SSSR count). The van der Waals surface area contributed by atoms with Crippen molar-refractivity contribution in [3.05, 3.63) is 22.4 Å². The molecule has 0 bridgehead atoms. The van der Waals surface area contributed by atoms with Gasteiger partial charge in [-0.05, 0) is 24.3 Å². The van der Waals surface area contributed by atoms with Crippen molar-refractivity contribution in [1.82, 2.24) is 5.32 Å². The summed E-state index contributed by atoms with van der Waals surface area (Å²) in [7, 11) is 0. The van der Waals surface area contributed by atoms with E-state index in [1.165, 1.54) is 30.6 Å². The van der Waals surface area contributed by atoms with Gasteiger partial charge in [0.25, 0.3) is 0 Å². The first-order valence-corrected chi connectivity index (χ1v) is 6.50. The molecule has 0 aliphatic rings. The first-order chi connectivity index (χ1) is 6.86. The van der Waals surface area contributed by atoms with Crippen LogP contribution in [0.15, 0.2) is 17.5 Å². The van der Waals surface area contributed by atoms with Gasteiger partial charge >= 0.3 is 0 Å². The first-order valence-electron chi connectivity index (χ1n) is 5.62. The Bertz CT molecular complexity index is 218. The molecule has 0 unspecified atom stereocenters. The largest absolute Gasteiger partial charge is 0.309 e. The average Bonchev–Trinajstić information content (AvgIpc) is 2.71. The van der Waals surface area contributed by atoms with Gasteiger partial charge in [-0.2, -0.15) is 0 Å². The zero-order valence-electron chi connectivity index (χ0n) is 9.25. The van der Waals surface area contributed by atoms with E-state index >= 15 is 0 Å². The Hall–Kier alpha value is -0.340. The number of thiophene rings is 1. The summed E-state index contributed by atoms with van der Waals surface area (Å²) in [6.45, 7) is 5.56. The summed E-state index contributed by atoms with van der Waals surface area (Å²) in [4.78, 5) is 1.44. The minimum absolute atomic E-state index is 0.706. The molecule has 0 amide bonds. The number of unbranched alkanes of at least 4 members (excludes halogenated alkanes) is 1. The van der Waals surface area contributed by atoms with Crippen molar-refractivity contribution < 1.29 is 0 Å². The molecule has 0 fully saturated rings. The van der Waals surface area contributed by atoms with Crippen molar-refractivity contribution in [3.8, 4) is 0 Å². The average molecular weight is 211 g/mol. The smallest absolute Gasteiger partial charge is 0.0302 e. The van der Waals surface area contributed by atoms with Crippen LogP contribution in [0, 0.1) is 0 Å². The van der Waals surface area contributed by atoms with Crippen LogP contribution in [0.1, 0.15) is 44.4 Å². The second kappa shape index (κ2) is 7.02. The molecule has 0 saturated carbocycles. The van der Waals surface area contributed by atoms with Gasteiger partial charge in [-0.3, -0.25) is 0 Å². The van der Waals surface area contributed by atoms with E-state index in [-0.39, 0.29) is 0 Å². The van der Waals surface area contributed by atoms with Crippen molar-refractivity contribution >= 4 is 11.3 Å². The fraction of sp³-hybridized carbons (Fsp3) is 0.667. The van der Waals surface area contributed by atoms with Gasteiger partial charge in [0.1, 0.15) is 0 Å². The lowest BCUT2D eigenvalue weighted by atomic mass is 10.1. The third-order valence-corrected chi connectivity index (χ3v) is 3.42. The zero-order valence-corrected chi connectivity index (χ0v) is 10.1. The van der Waals surface area contributed by atoms with E-state index in [4.69, 9.17) is 0 Å². The summed E-state index contributed by atoms with van der Waals surface area (Å²) in [5.41, 5.74) is 0. The molecule has 1 aromatic rings. The van der Waals surface area contributed by atoms with Crippen LogP contribution in [-0.2, 0) is 6.54 Å². The van der Waals surface area contributed by atoms with E-state index in [1.54, 1.807) is 0 Å². The third-order valence-electron chi connectivity index (χ3n) is 2.54. The second-order valence-electron chi connectivity index (χ2n) is 3.71. The molecule has 0 aliphatic carbocycles. The molecule has 0 saturated heterocycles. The molecule has 1 nitrogen and oxygen atoms in total. The summed E-state index contributed by atoms with van der Waals surface area (Å²) in [6.07, 6.45) is 5.21. The molecular formula is C12H21NS. The highest BCUT2D eigenvalue weighted by Crippen LogP contribution is 2.10. The van der Waals surface area contributed by atoms with Crippen LogP contribution in [-0.4, -0.2) is 6.04 Å². The SMILES string of the molecule is CCCC[C@@H](CC)NCc1cccs1. The number of hydrogen-bond acceptors (Lipinski definition) is 2. The predicted molar refractivity (Wildman–Crippen MR) is 64.8 cm³/mol. The fourth-order valence-corrected chi connectivity index (χ4v) is 2.21. The molecule has 1 aromatic heterocycles. The molecular weight excluding hydrogens is 190 g/mol. The molecule has 1 atom stereocenters. The molecule has 0 aliphatic heterocycles. The summed E-state index contributed by atoms with van der Waals surface area (Å²) in [5, 5.41) is 5.76. The standard InChI is InChI=1S/C12H21NS/c1-3-5-7-11(4-2)13-10-12-8-6-9-14-12/h6,8-9,11,13H,3-5,7,10H2,1-2H3/t11-/m1/s1. The summed E-state index contributed by atoms with van der Waals surface area (Å²) < 4.78 is 0. The zero-order chi connectivity index (χ0) is 10.2. The van der Waals surface area contributed by atoms with Crippen LogP contribution in [0.2, 0.25) is 0 Å². The van der Waals surface area contributed by atoms with Gasteiger partial charge < -0.3 is 5.32 Å². The van der Waals surface area contributed by atoms with Crippen molar-refractivity contribution in [2.24, 2.45) is 0 Å². The molecule has 0 spiro atoms. The van der Waals surface area contributed by atoms with E-state index < -0.39 is 0 Å². The van der Waals surface area contributed by atoms with E-state index in [9.17, 15) is 0 Å². The predicted octanol–water partition coefficient (Wildman–Crippen LogP) is 3.81. The maximum absolute atomic E-state index is 3.62. The van der Waals surface area contributed by atoms with Gasteiger partial charge in [-0.15, -0.1) is 11.3 Å². The Kier molecular flexibility index (Phi) is 5.88. The number of hydrogen-bond donors (Lipinski definition) is 1. The lowest BCUT2D eigenvalue weighted by Gasteiger charge is -2.15. The molecule has 1 N–H and O–H groups in total. The quantitative estimate of drug-likeness (QED) is 0.723. The van der Waals surface area contributed by atoms with Crippen LogP contribution in [0.4, 0.5) is 0 Å². The maximum Gasteiger partial charge on any atom is 0.0302 e. The lowest BCUT2D eigenvalue weighted by molar-refractivity contribution is 0.454. The van der Waals surface area contributed by atoms with Crippen molar-refractivity contribution in [1.29, 1.82) is 0 Å².